The van der Waals surface area contributed by atoms with E-state index >= 15 is 0 Å². The lowest BCUT2D eigenvalue weighted by atomic mass is 9.86. The summed E-state index contributed by atoms with van der Waals surface area (Å²) < 4.78 is 1.06. The summed E-state index contributed by atoms with van der Waals surface area (Å²) in [7, 11) is 2.22. The molecule has 0 bridgehead atoms. The third-order valence-electron chi connectivity index (χ3n) is 5.33. The van der Waals surface area contributed by atoms with E-state index in [0.717, 1.165) is 24.0 Å². The minimum atomic E-state index is -2.11. The van der Waals surface area contributed by atoms with Gasteiger partial charge in [0, 0.05) is 0 Å². The molecule has 28 heavy (non-hydrogen) atoms. The number of carbonyl (C=O) groups excluding carboxylic acids is 1. The molecular formula is C22H29BrNO4-. The second-order valence-electron chi connectivity index (χ2n) is 7.37. The van der Waals surface area contributed by atoms with Gasteiger partial charge in [0.1, 0.15) is 12.6 Å². The SMILES string of the molecule is CC[N+]1(C)CCCC(O)C1.O=C([O-])C(O)(c1ccccc1)c1ccccc1.[Br-]. The van der Waals surface area contributed by atoms with E-state index in [0.29, 0.717) is 0 Å². The number of quaternary nitrogens is 1. The van der Waals surface area contributed by atoms with Crippen molar-refractivity contribution in [2.75, 3.05) is 26.7 Å². The number of aliphatic hydroxyl groups is 2. The fraction of sp³-hybridized carbons (Fsp3) is 0.409. The van der Waals surface area contributed by atoms with Crippen molar-refractivity contribution in [3.05, 3.63) is 71.8 Å². The molecular weight excluding hydrogens is 422 g/mol. The number of likely N-dealkylation sites (N-methyl/N-ethyl adjacent to an activating group) is 1. The van der Waals surface area contributed by atoms with Crippen molar-refractivity contribution in [3.63, 3.8) is 0 Å². The lowest BCUT2D eigenvalue weighted by Gasteiger charge is -2.38. The van der Waals surface area contributed by atoms with Gasteiger partial charge in [0.25, 0.3) is 0 Å². The van der Waals surface area contributed by atoms with Crippen LogP contribution in [0.2, 0.25) is 0 Å². The predicted molar refractivity (Wildman–Crippen MR) is 103 cm³/mol. The molecule has 1 aliphatic heterocycles. The standard InChI is InChI=1S/C14H12O3.C8H18NO.BrH/c15-13(16)14(17,11-7-3-1-4-8-11)12-9-5-2-6-10-12;1-3-9(2)6-4-5-8(10)7-9;/h1-10,17H,(H,15,16);8,10H,3-7H2,1-2H3;1H/q;+1;/p-2. The molecule has 1 fully saturated rings. The van der Waals surface area contributed by atoms with Gasteiger partial charge in [-0.1, -0.05) is 60.7 Å². The van der Waals surface area contributed by atoms with Crippen LogP contribution in [-0.2, 0) is 10.4 Å². The fourth-order valence-corrected chi connectivity index (χ4v) is 3.45. The highest BCUT2D eigenvalue weighted by Crippen LogP contribution is 2.28. The Kier molecular flexibility index (Phi) is 9.30. The average Bonchev–Trinajstić information content (AvgIpc) is 2.69. The molecule has 0 radical (unpaired) electrons. The number of rotatable bonds is 4. The van der Waals surface area contributed by atoms with Crippen molar-refractivity contribution in [1.82, 2.24) is 0 Å². The van der Waals surface area contributed by atoms with E-state index in [1.54, 1.807) is 60.7 Å². The van der Waals surface area contributed by atoms with Crippen molar-refractivity contribution in [2.45, 2.75) is 31.5 Å². The van der Waals surface area contributed by atoms with Gasteiger partial charge in [0.05, 0.1) is 26.1 Å². The molecule has 5 nitrogen and oxygen atoms in total. The molecule has 6 heteroatoms. The van der Waals surface area contributed by atoms with E-state index < -0.39 is 11.6 Å². The molecule has 0 aromatic heterocycles. The third-order valence-corrected chi connectivity index (χ3v) is 5.33. The first-order valence-corrected chi connectivity index (χ1v) is 9.38. The molecule has 2 unspecified atom stereocenters. The number of halogens is 1. The van der Waals surface area contributed by atoms with Gasteiger partial charge >= 0.3 is 0 Å². The summed E-state index contributed by atoms with van der Waals surface area (Å²) in [6, 6.07) is 16.4. The van der Waals surface area contributed by atoms with Gasteiger partial charge in [0.15, 0.2) is 5.60 Å². The molecule has 1 aliphatic rings. The summed E-state index contributed by atoms with van der Waals surface area (Å²) in [5.74, 6) is -1.53. The summed E-state index contributed by atoms with van der Waals surface area (Å²) in [6.07, 6.45) is 2.15. The van der Waals surface area contributed by atoms with Gasteiger partial charge in [-0.3, -0.25) is 0 Å². The molecule has 3 rings (SSSR count). The maximum absolute atomic E-state index is 11.3. The summed E-state index contributed by atoms with van der Waals surface area (Å²) in [5, 5.41) is 31.0. The quantitative estimate of drug-likeness (QED) is 0.543. The number of carboxylic acids is 1. The molecule has 2 N–H and O–H groups in total. The number of hydrogen-bond donors (Lipinski definition) is 2. The minimum Gasteiger partial charge on any atom is -1.00 e. The monoisotopic (exact) mass is 450 g/mol. The van der Waals surface area contributed by atoms with Gasteiger partial charge < -0.3 is 41.6 Å². The lowest BCUT2D eigenvalue weighted by molar-refractivity contribution is -0.915. The highest BCUT2D eigenvalue weighted by molar-refractivity contribution is 5.81. The van der Waals surface area contributed by atoms with Crippen LogP contribution in [0.3, 0.4) is 0 Å². The highest BCUT2D eigenvalue weighted by Gasteiger charge is 2.33. The molecule has 2 atom stereocenters. The van der Waals surface area contributed by atoms with Gasteiger partial charge in [-0.15, -0.1) is 0 Å². The first kappa shape index (κ1) is 24.3. The molecule has 154 valence electrons. The average molecular weight is 451 g/mol. The molecule has 2 aromatic rings. The van der Waals surface area contributed by atoms with Gasteiger partial charge in [-0.2, -0.15) is 0 Å². The number of hydrogen-bond acceptors (Lipinski definition) is 4. The van der Waals surface area contributed by atoms with Crippen LogP contribution in [0, 0.1) is 0 Å². The highest BCUT2D eigenvalue weighted by atomic mass is 79.9. The fourth-order valence-electron chi connectivity index (χ4n) is 3.45. The molecule has 0 amide bonds. The maximum Gasteiger partial charge on any atom is 0.154 e. The number of likely N-dealkylation sites (tertiary alicyclic amines) is 1. The van der Waals surface area contributed by atoms with Crippen LogP contribution in [0.1, 0.15) is 30.9 Å². The Morgan fingerprint density at radius 1 is 1.11 bits per heavy atom. The summed E-state index contributed by atoms with van der Waals surface area (Å²) in [5.41, 5.74) is -1.54. The first-order valence-electron chi connectivity index (χ1n) is 9.38. The lowest BCUT2D eigenvalue weighted by Crippen LogP contribution is -3.00. The number of nitrogens with zero attached hydrogens (tertiary/aromatic N) is 1. The molecule has 0 aliphatic carbocycles. The smallest absolute Gasteiger partial charge is 0.154 e. The van der Waals surface area contributed by atoms with E-state index in [-0.39, 0.29) is 34.2 Å². The largest absolute Gasteiger partial charge is 1.00 e. The van der Waals surface area contributed by atoms with Crippen molar-refractivity contribution in [2.24, 2.45) is 0 Å². The summed E-state index contributed by atoms with van der Waals surface area (Å²) in [6.45, 7) is 5.54. The molecule has 0 spiro atoms. The van der Waals surface area contributed by atoms with E-state index in [2.05, 4.69) is 14.0 Å². The molecule has 1 saturated heterocycles. The Bertz CT molecular complexity index is 686. The van der Waals surface area contributed by atoms with Crippen LogP contribution in [0.5, 0.6) is 0 Å². The topological polar surface area (TPSA) is 80.6 Å². The van der Waals surface area contributed by atoms with E-state index in [9.17, 15) is 20.1 Å². The Balaban J connectivity index is 0.000000307. The zero-order valence-corrected chi connectivity index (χ0v) is 18.0. The van der Waals surface area contributed by atoms with Crippen LogP contribution in [0.4, 0.5) is 0 Å². The van der Waals surface area contributed by atoms with Crippen molar-refractivity contribution >= 4 is 5.97 Å². The van der Waals surface area contributed by atoms with Crippen LogP contribution in [-0.4, -0.2) is 53.5 Å². The van der Waals surface area contributed by atoms with Crippen LogP contribution in [0.15, 0.2) is 60.7 Å². The molecule has 1 heterocycles. The van der Waals surface area contributed by atoms with Gasteiger partial charge in [-0.05, 0) is 30.9 Å². The minimum absolute atomic E-state index is 0. The van der Waals surface area contributed by atoms with Crippen molar-refractivity contribution in [3.8, 4) is 0 Å². The summed E-state index contributed by atoms with van der Waals surface area (Å²) in [4.78, 5) is 11.3. The van der Waals surface area contributed by atoms with Crippen LogP contribution < -0.4 is 22.1 Å². The third kappa shape index (κ3) is 5.88. The molecule has 0 saturated carbocycles. The Morgan fingerprint density at radius 3 is 1.89 bits per heavy atom. The normalized spacial score (nSPS) is 21.6. The second kappa shape index (κ2) is 10.7. The van der Waals surface area contributed by atoms with Crippen molar-refractivity contribution in [1.29, 1.82) is 0 Å². The Morgan fingerprint density at radius 2 is 1.57 bits per heavy atom. The van der Waals surface area contributed by atoms with Gasteiger partial charge in [0.2, 0.25) is 0 Å². The van der Waals surface area contributed by atoms with E-state index in [4.69, 9.17) is 0 Å². The second-order valence-corrected chi connectivity index (χ2v) is 7.37. The summed E-state index contributed by atoms with van der Waals surface area (Å²) >= 11 is 0. The van der Waals surface area contributed by atoms with Gasteiger partial charge in [-0.25, -0.2) is 0 Å². The maximum atomic E-state index is 11.3. The first-order chi connectivity index (χ1) is 12.8. The zero-order chi connectivity index (χ0) is 19.9. The number of aliphatic hydroxyl groups excluding tert-OH is 1. The number of aliphatic carboxylic acids is 1. The zero-order valence-electron chi connectivity index (χ0n) is 16.4. The van der Waals surface area contributed by atoms with E-state index in [1.807, 2.05) is 0 Å². The Hall–Kier alpha value is -1.73. The number of piperidine rings is 1. The van der Waals surface area contributed by atoms with Crippen LogP contribution >= 0.6 is 0 Å². The Labute approximate surface area is 177 Å². The van der Waals surface area contributed by atoms with Crippen LogP contribution in [0.25, 0.3) is 0 Å². The number of benzene rings is 2. The number of carboxylic acid groups (broad SMARTS) is 1. The van der Waals surface area contributed by atoms with Crippen molar-refractivity contribution < 1.29 is 41.6 Å². The van der Waals surface area contributed by atoms with E-state index in [1.165, 1.54) is 13.0 Å². The molecule has 2 aromatic carbocycles. The predicted octanol–water partition coefficient (Wildman–Crippen LogP) is -1.72. The number of carbonyl (C=O) groups is 1.